The van der Waals surface area contributed by atoms with Crippen molar-refractivity contribution in [3.8, 4) is 6.07 Å². The van der Waals surface area contributed by atoms with Gasteiger partial charge in [-0.15, -0.1) is 0 Å². The van der Waals surface area contributed by atoms with Gasteiger partial charge in [-0.2, -0.15) is 5.26 Å². The predicted molar refractivity (Wildman–Crippen MR) is 67.4 cm³/mol. The summed E-state index contributed by atoms with van der Waals surface area (Å²) < 4.78 is 12.8. The van der Waals surface area contributed by atoms with E-state index in [4.69, 9.17) is 5.26 Å². The number of nitriles is 1. The molecule has 1 aromatic rings. The van der Waals surface area contributed by atoms with Crippen molar-refractivity contribution in [2.45, 2.75) is 19.9 Å². The lowest BCUT2D eigenvalue weighted by Gasteiger charge is -2.25. The fourth-order valence-electron chi connectivity index (χ4n) is 1.69. The highest BCUT2D eigenvalue weighted by Gasteiger charge is 2.11. The van der Waals surface area contributed by atoms with Crippen LogP contribution in [0.5, 0.6) is 0 Å². The summed E-state index contributed by atoms with van der Waals surface area (Å²) in [5, 5.41) is 12.1. The SMILES string of the molecule is CCNC(C#N)CN(CC)c1ccc(F)cc1. The summed E-state index contributed by atoms with van der Waals surface area (Å²) in [4.78, 5) is 2.05. The molecule has 0 saturated heterocycles. The lowest BCUT2D eigenvalue weighted by molar-refractivity contribution is 0.604. The molecule has 0 aromatic heterocycles. The minimum absolute atomic E-state index is 0.204. The van der Waals surface area contributed by atoms with E-state index in [-0.39, 0.29) is 11.9 Å². The number of anilines is 1. The Bertz CT molecular complexity index is 369. The van der Waals surface area contributed by atoms with E-state index < -0.39 is 0 Å². The topological polar surface area (TPSA) is 39.1 Å². The molecule has 1 aromatic carbocycles. The maximum Gasteiger partial charge on any atom is 0.123 e. The summed E-state index contributed by atoms with van der Waals surface area (Å²) in [6.45, 7) is 6.14. The lowest BCUT2D eigenvalue weighted by Crippen LogP contribution is -2.40. The molecule has 1 unspecified atom stereocenters. The first-order valence-corrected chi connectivity index (χ1v) is 5.84. The maximum atomic E-state index is 12.8. The molecule has 0 aliphatic rings. The number of nitrogens with one attached hydrogen (secondary N) is 1. The Morgan fingerprint density at radius 1 is 1.35 bits per heavy atom. The monoisotopic (exact) mass is 235 g/mol. The summed E-state index contributed by atoms with van der Waals surface area (Å²) in [6.07, 6.45) is 0. The lowest BCUT2D eigenvalue weighted by atomic mass is 10.2. The molecule has 1 N–H and O–H groups in total. The average molecular weight is 235 g/mol. The van der Waals surface area contributed by atoms with E-state index in [1.807, 2.05) is 13.8 Å². The Balaban J connectivity index is 2.71. The van der Waals surface area contributed by atoms with E-state index in [1.165, 1.54) is 12.1 Å². The van der Waals surface area contributed by atoms with Gasteiger partial charge >= 0.3 is 0 Å². The Morgan fingerprint density at radius 3 is 2.47 bits per heavy atom. The van der Waals surface area contributed by atoms with E-state index in [0.29, 0.717) is 6.54 Å². The van der Waals surface area contributed by atoms with Gasteiger partial charge in [0.2, 0.25) is 0 Å². The highest BCUT2D eigenvalue weighted by Crippen LogP contribution is 2.14. The summed E-state index contributed by atoms with van der Waals surface area (Å²) in [5.74, 6) is -0.242. The number of likely N-dealkylation sites (N-methyl/N-ethyl adjacent to an activating group) is 2. The third-order valence-corrected chi connectivity index (χ3v) is 2.58. The second kappa shape index (κ2) is 6.87. The summed E-state index contributed by atoms with van der Waals surface area (Å²) in [6, 6.07) is 8.36. The molecular weight excluding hydrogens is 217 g/mol. The summed E-state index contributed by atoms with van der Waals surface area (Å²) in [5.41, 5.74) is 0.937. The van der Waals surface area contributed by atoms with Gasteiger partial charge in [-0.25, -0.2) is 4.39 Å². The van der Waals surface area contributed by atoms with Crippen LogP contribution >= 0.6 is 0 Å². The van der Waals surface area contributed by atoms with Crippen molar-refractivity contribution in [1.29, 1.82) is 5.26 Å². The molecule has 1 rings (SSSR count). The Kier molecular flexibility index (Phi) is 5.44. The standard InChI is InChI=1S/C13H18FN3/c1-3-16-12(9-15)10-17(4-2)13-7-5-11(14)6-8-13/h5-8,12,16H,3-4,10H2,1-2H3. The van der Waals surface area contributed by atoms with Gasteiger partial charge in [0.05, 0.1) is 6.07 Å². The second-order valence-corrected chi connectivity index (χ2v) is 3.75. The molecule has 0 aliphatic carbocycles. The fourth-order valence-corrected chi connectivity index (χ4v) is 1.69. The zero-order valence-corrected chi connectivity index (χ0v) is 10.3. The maximum absolute atomic E-state index is 12.8. The normalized spacial score (nSPS) is 11.9. The molecule has 17 heavy (non-hydrogen) atoms. The van der Waals surface area contributed by atoms with Gasteiger partial charge in [-0.05, 0) is 37.7 Å². The average Bonchev–Trinajstić information content (AvgIpc) is 2.36. The van der Waals surface area contributed by atoms with Crippen molar-refractivity contribution in [2.24, 2.45) is 0 Å². The van der Waals surface area contributed by atoms with Crippen LogP contribution in [0.1, 0.15) is 13.8 Å². The van der Waals surface area contributed by atoms with Gasteiger partial charge in [0.25, 0.3) is 0 Å². The molecule has 3 nitrogen and oxygen atoms in total. The number of nitrogens with zero attached hydrogens (tertiary/aromatic N) is 2. The van der Waals surface area contributed by atoms with Crippen molar-refractivity contribution in [2.75, 3.05) is 24.5 Å². The van der Waals surface area contributed by atoms with Gasteiger partial charge in [0, 0.05) is 18.8 Å². The van der Waals surface area contributed by atoms with Crippen molar-refractivity contribution in [1.82, 2.24) is 5.32 Å². The zero-order valence-electron chi connectivity index (χ0n) is 10.3. The predicted octanol–water partition coefficient (Wildman–Crippen LogP) is 2.15. The molecule has 92 valence electrons. The molecule has 0 heterocycles. The van der Waals surface area contributed by atoms with Crippen molar-refractivity contribution < 1.29 is 4.39 Å². The van der Waals surface area contributed by atoms with Crippen LogP contribution in [0.2, 0.25) is 0 Å². The first kappa shape index (κ1) is 13.5. The summed E-state index contributed by atoms with van der Waals surface area (Å²) in [7, 11) is 0. The molecule has 0 aliphatic heterocycles. The van der Waals surface area contributed by atoms with Gasteiger partial charge in [-0.3, -0.25) is 0 Å². The number of hydrogen-bond acceptors (Lipinski definition) is 3. The molecule has 0 fully saturated rings. The third-order valence-electron chi connectivity index (χ3n) is 2.58. The fraction of sp³-hybridized carbons (Fsp3) is 0.462. The van der Waals surface area contributed by atoms with Gasteiger partial charge in [-0.1, -0.05) is 6.92 Å². The Hall–Kier alpha value is -1.60. The number of hydrogen-bond donors (Lipinski definition) is 1. The third kappa shape index (κ3) is 4.04. The molecular formula is C13H18FN3. The van der Waals surface area contributed by atoms with Crippen LogP contribution < -0.4 is 10.2 Å². The van der Waals surface area contributed by atoms with Crippen LogP contribution in [-0.2, 0) is 0 Å². The van der Waals surface area contributed by atoms with Crippen LogP contribution in [0.4, 0.5) is 10.1 Å². The smallest absolute Gasteiger partial charge is 0.123 e. The number of halogens is 1. The van der Waals surface area contributed by atoms with Crippen molar-refractivity contribution in [3.05, 3.63) is 30.1 Å². The van der Waals surface area contributed by atoms with E-state index in [1.54, 1.807) is 12.1 Å². The molecule has 0 saturated carbocycles. The molecule has 1 atom stereocenters. The van der Waals surface area contributed by atoms with Crippen LogP contribution in [0.3, 0.4) is 0 Å². The largest absolute Gasteiger partial charge is 0.369 e. The van der Waals surface area contributed by atoms with E-state index in [0.717, 1.165) is 18.8 Å². The minimum Gasteiger partial charge on any atom is -0.369 e. The molecule has 0 bridgehead atoms. The molecule has 4 heteroatoms. The molecule has 0 spiro atoms. The van der Waals surface area contributed by atoms with E-state index in [9.17, 15) is 4.39 Å². The number of rotatable bonds is 6. The van der Waals surface area contributed by atoms with Crippen molar-refractivity contribution >= 4 is 5.69 Å². The zero-order chi connectivity index (χ0) is 12.7. The minimum atomic E-state index is -0.242. The van der Waals surface area contributed by atoms with Crippen LogP contribution in [0.15, 0.2) is 24.3 Å². The Labute approximate surface area is 102 Å². The summed E-state index contributed by atoms with van der Waals surface area (Å²) >= 11 is 0. The van der Waals surface area contributed by atoms with E-state index in [2.05, 4.69) is 16.3 Å². The van der Waals surface area contributed by atoms with Gasteiger partial charge in [0.1, 0.15) is 11.9 Å². The van der Waals surface area contributed by atoms with Crippen LogP contribution in [0, 0.1) is 17.1 Å². The second-order valence-electron chi connectivity index (χ2n) is 3.75. The van der Waals surface area contributed by atoms with Gasteiger partial charge < -0.3 is 10.2 Å². The highest BCUT2D eigenvalue weighted by atomic mass is 19.1. The van der Waals surface area contributed by atoms with E-state index >= 15 is 0 Å². The Morgan fingerprint density at radius 2 is 2.00 bits per heavy atom. The highest BCUT2D eigenvalue weighted by molar-refractivity contribution is 5.46. The van der Waals surface area contributed by atoms with Crippen molar-refractivity contribution in [3.63, 3.8) is 0 Å². The molecule has 0 amide bonds. The van der Waals surface area contributed by atoms with Crippen LogP contribution in [0.25, 0.3) is 0 Å². The number of benzene rings is 1. The quantitative estimate of drug-likeness (QED) is 0.821. The van der Waals surface area contributed by atoms with Crippen LogP contribution in [-0.4, -0.2) is 25.7 Å². The molecule has 0 radical (unpaired) electrons. The first-order chi connectivity index (χ1) is 8.21. The first-order valence-electron chi connectivity index (χ1n) is 5.84. The van der Waals surface area contributed by atoms with Gasteiger partial charge in [0.15, 0.2) is 0 Å².